The van der Waals surface area contributed by atoms with Crippen LogP contribution in [0.25, 0.3) is 0 Å². The molecular weight excluding hydrogens is 232 g/mol. The largest absolute Gasteiger partial charge is 0.379 e. The first-order valence-electron chi connectivity index (χ1n) is 6.35. The third-order valence-electron chi connectivity index (χ3n) is 3.21. The highest BCUT2D eigenvalue weighted by atomic mass is 32.1. The lowest BCUT2D eigenvalue weighted by Crippen LogP contribution is -2.45. The lowest BCUT2D eigenvalue weighted by Gasteiger charge is -2.28. The lowest BCUT2D eigenvalue weighted by atomic mass is 10.1. The summed E-state index contributed by atoms with van der Waals surface area (Å²) in [7, 11) is 0. The Kier molecular flexibility index (Phi) is 4.98. The minimum absolute atomic E-state index is 0.431. The van der Waals surface area contributed by atoms with Gasteiger partial charge in [0.1, 0.15) is 0 Å². The fraction of sp³-hybridized carbons (Fsp3) is 0.692. The minimum atomic E-state index is 0.431. The van der Waals surface area contributed by atoms with Crippen molar-refractivity contribution in [2.24, 2.45) is 0 Å². The van der Waals surface area contributed by atoms with Gasteiger partial charge in [0.25, 0.3) is 0 Å². The van der Waals surface area contributed by atoms with Gasteiger partial charge in [-0.2, -0.15) is 11.3 Å². The SMILES string of the molecule is CC(CC1COCCN1)NC(C)c1ccsc1. The van der Waals surface area contributed by atoms with Crippen LogP contribution in [-0.2, 0) is 4.74 Å². The first kappa shape index (κ1) is 13.0. The molecule has 0 radical (unpaired) electrons. The van der Waals surface area contributed by atoms with E-state index in [4.69, 9.17) is 4.74 Å². The van der Waals surface area contributed by atoms with E-state index in [9.17, 15) is 0 Å². The Morgan fingerprint density at radius 3 is 3.12 bits per heavy atom. The zero-order chi connectivity index (χ0) is 12.1. The molecule has 0 aromatic carbocycles. The second-order valence-corrected chi connectivity index (χ2v) is 5.59. The highest BCUT2D eigenvalue weighted by molar-refractivity contribution is 7.07. The summed E-state index contributed by atoms with van der Waals surface area (Å²) in [5.74, 6) is 0. The van der Waals surface area contributed by atoms with E-state index in [-0.39, 0.29) is 0 Å². The van der Waals surface area contributed by atoms with Gasteiger partial charge in [0.15, 0.2) is 0 Å². The number of hydrogen-bond donors (Lipinski definition) is 2. The smallest absolute Gasteiger partial charge is 0.0620 e. The van der Waals surface area contributed by atoms with Crippen molar-refractivity contribution in [1.29, 1.82) is 0 Å². The summed E-state index contributed by atoms with van der Waals surface area (Å²) in [5.41, 5.74) is 1.38. The number of nitrogens with one attached hydrogen (secondary N) is 2. The number of thiophene rings is 1. The van der Waals surface area contributed by atoms with E-state index in [1.165, 1.54) is 5.56 Å². The topological polar surface area (TPSA) is 33.3 Å². The second kappa shape index (κ2) is 6.50. The summed E-state index contributed by atoms with van der Waals surface area (Å²) in [4.78, 5) is 0. The van der Waals surface area contributed by atoms with Crippen LogP contribution in [-0.4, -0.2) is 31.8 Å². The van der Waals surface area contributed by atoms with Gasteiger partial charge in [-0.25, -0.2) is 0 Å². The first-order valence-corrected chi connectivity index (χ1v) is 7.29. The number of rotatable bonds is 5. The molecule has 1 aliphatic heterocycles. The monoisotopic (exact) mass is 254 g/mol. The summed E-state index contributed by atoms with van der Waals surface area (Å²) in [6, 6.07) is 3.63. The van der Waals surface area contributed by atoms with Crippen LogP contribution in [0.3, 0.4) is 0 Å². The minimum Gasteiger partial charge on any atom is -0.379 e. The summed E-state index contributed by atoms with van der Waals surface area (Å²) in [6.07, 6.45) is 1.12. The van der Waals surface area contributed by atoms with Crippen LogP contribution >= 0.6 is 11.3 Å². The maximum atomic E-state index is 5.47. The quantitative estimate of drug-likeness (QED) is 0.845. The number of hydrogen-bond acceptors (Lipinski definition) is 4. The van der Waals surface area contributed by atoms with Crippen LogP contribution in [0.2, 0.25) is 0 Å². The Hall–Kier alpha value is -0.420. The fourth-order valence-electron chi connectivity index (χ4n) is 2.31. The van der Waals surface area contributed by atoms with E-state index in [0.29, 0.717) is 18.1 Å². The first-order chi connectivity index (χ1) is 8.25. The van der Waals surface area contributed by atoms with Crippen molar-refractivity contribution in [3.05, 3.63) is 22.4 Å². The molecule has 0 amide bonds. The van der Waals surface area contributed by atoms with Crippen molar-refractivity contribution in [3.8, 4) is 0 Å². The van der Waals surface area contributed by atoms with Crippen molar-refractivity contribution >= 4 is 11.3 Å². The van der Waals surface area contributed by atoms with Crippen LogP contribution in [0.15, 0.2) is 16.8 Å². The Morgan fingerprint density at radius 1 is 1.59 bits per heavy atom. The zero-order valence-electron chi connectivity index (χ0n) is 10.6. The average molecular weight is 254 g/mol. The highest BCUT2D eigenvalue weighted by Gasteiger charge is 2.17. The van der Waals surface area contributed by atoms with Gasteiger partial charge in [0, 0.05) is 24.7 Å². The standard InChI is InChI=1S/C13H22N2OS/c1-10(7-13-8-16-5-4-14-13)15-11(2)12-3-6-17-9-12/h3,6,9-11,13-15H,4-5,7-8H2,1-2H3. The average Bonchev–Trinajstić information content (AvgIpc) is 2.83. The van der Waals surface area contributed by atoms with Gasteiger partial charge in [-0.3, -0.25) is 0 Å². The molecule has 0 aliphatic carbocycles. The van der Waals surface area contributed by atoms with Gasteiger partial charge in [0.05, 0.1) is 13.2 Å². The van der Waals surface area contributed by atoms with E-state index in [1.54, 1.807) is 11.3 Å². The Labute approximate surface area is 108 Å². The second-order valence-electron chi connectivity index (χ2n) is 4.81. The van der Waals surface area contributed by atoms with Gasteiger partial charge in [0.2, 0.25) is 0 Å². The highest BCUT2D eigenvalue weighted by Crippen LogP contribution is 2.17. The fourth-order valence-corrected chi connectivity index (χ4v) is 3.06. The maximum absolute atomic E-state index is 5.47. The molecule has 2 heterocycles. The van der Waals surface area contributed by atoms with Crippen LogP contribution < -0.4 is 10.6 Å². The summed E-state index contributed by atoms with van der Waals surface area (Å²) in [5, 5.41) is 11.5. The molecule has 0 saturated carbocycles. The lowest BCUT2D eigenvalue weighted by molar-refractivity contribution is 0.0708. The molecule has 1 aromatic rings. The number of ether oxygens (including phenoxy) is 1. The molecule has 3 unspecified atom stereocenters. The zero-order valence-corrected chi connectivity index (χ0v) is 11.4. The van der Waals surface area contributed by atoms with Crippen LogP contribution in [0, 0.1) is 0 Å². The molecule has 1 fully saturated rings. The van der Waals surface area contributed by atoms with Gasteiger partial charge in [-0.1, -0.05) is 0 Å². The molecule has 4 heteroatoms. The van der Waals surface area contributed by atoms with Gasteiger partial charge in [-0.05, 0) is 42.7 Å². The van der Waals surface area contributed by atoms with E-state index in [0.717, 1.165) is 26.2 Å². The third-order valence-corrected chi connectivity index (χ3v) is 3.92. The van der Waals surface area contributed by atoms with Crippen molar-refractivity contribution in [3.63, 3.8) is 0 Å². The Balaban J connectivity index is 1.74. The Bertz CT molecular complexity index is 309. The molecular formula is C13H22N2OS. The summed E-state index contributed by atoms with van der Waals surface area (Å²) < 4.78 is 5.47. The van der Waals surface area contributed by atoms with Crippen LogP contribution in [0.5, 0.6) is 0 Å². The van der Waals surface area contributed by atoms with Crippen LogP contribution in [0.4, 0.5) is 0 Å². The van der Waals surface area contributed by atoms with Crippen molar-refractivity contribution in [2.75, 3.05) is 19.8 Å². The van der Waals surface area contributed by atoms with Gasteiger partial charge < -0.3 is 15.4 Å². The molecule has 1 saturated heterocycles. The van der Waals surface area contributed by atoms with Crippen molar-refractivity contribution in [2.45, 2.75) is 38.4 Å². The summed E-state index contributed by atoms with van der Waals surface area (Å²) in [6.45, 7) is 7.16. The molecule has 1 aliphatic rings. The molecule has 96 valence electrons. The summed E-state index contributed by atoms with van der Waals surface area (Å²) >= 11 is 1.76. The number of morpholine rings is 1. The molecule has 3 nitrogen and oxygen atoms in total. The van der Waals surface area contributed by atoms with E-state index >= 15 is 0 Å². The van der Waals surface area contributed by atoms with Gasteiger partial charge in [-0.15, -0.1) is 0 Å². The molecule has 0 spiro atoms. The predicted molar refractivity (Wildman–Crippen MR) is 72.6 cm³/mol. The molecule has 1 aromatic heterocycles. The molecule has 2 rings (SSSR count). The molecule has 2 N–H and O–H groups in total. The third kappa shape index (κ3) is 4.07. The molecule has 3 atom stereocenters. The molecule has 0 bridgehead atoms. The normalized spacial score (nSPS) is 24.5. The van der Waals surface area contributed by atoms with Gasteiger partial charge >= 0.3 is 0 Å². The van der Waals surface area contributed by atoms with Crippen molar-refractivity contribution in [1.82, 2.24) is 10.6 Å². The molecule has 17 heavy (non-hydrogen) atoms. The van der Waals surface area contributed by atoms with Crippen molar-refractivity contribution < 1.29 is 4.74 Å². The Morgan fingerprint density at radius 2 is 2.47 bits per heavy atom. The predicted octanol–water partition coefficient (Wildman–Crippen LogP) is 2.17. The van der Waals surface area contributed by atoms with E-state index in [2.05, 4.69) is 41.3 Å². The maximum Gasteiger partial charge on any atom is 0.0620 e. The van der Waals surface area contributed by atoms with E-state index in [1.807, 2.05) is 0 Å². The van der Waals surface area contributed by atoms with Crippen LogP contribution in [0.1, 0.15) is 31.9 Å². The van der Waals surface area contributed by atoms with E-state index < -0.39 is 0 Å².